The average molecular weight is 433 g/mol. The van der Waals surface area contributed by atoms with Crippen LogP contribution in [-0.2, 0) is 0 Å². The summed E-state index contributed by atoms with van der Waals surface area (Å²) >= 11 is 0. The first kappa shape index (κ1) is 24.8. The zero-order valence-electron chi connectivity index (χ0n) is 17.4. The Morgan fingerprint density at radius 1 is 0.621 bits per heavy atom. The van der Waals surface area contributed by atoms with Crippen molar-refractivity contribution in [2.75, 3.05) is 0 Å². The SMILES string of the molecule is CCCCCC1CCC(C2CCC(CCC(F)(F)C(F)(F)C(F)(F)F)CC2)CC1. The molecule has 0 amide bonds. The Morgan fingerprint density at radius 2 is 1.07 bits per heavy atom. The van der Waals surface area contributed by atoms with Gasteiger partial charge in [-0.1, -0.05) is 58.3 Å². The van der Waals surface area contributed by atoms with Crippen LogP contribution in [0, 0.1) is 23.7 Å². The molecule has 0 aromatic heterocycles. The Hall–Kier alpha value is -0.490. The molecule has 0 unspecified atom stereocenters. The maximum atomic E-state index is 13.5. The molecule has 29 heavy (non-hydrogen) atoms. The highest BCUT2D eigenvalue weighted by atomic mass is 19.4. The van der Waals surface area contributed by atoms with Crippen LogP contribution in [0.4, 0.5) is 30.7 Å². The number of hydrogen-bond acceptors (Lipinski definition) is 0. The van der Waals surface area contributed by atoms with Crippen LogP contribution in [0.3, 0.4) is 0 Å². The lowest BCUT2D eigenvalue weighted by atomic mass is 9.68. The topological polar surface area (TPSA) is 0 Å². The van der Waals surface area contributed by atoms with Gasteiger partial charge in [-0.25, -0.2) is 0 Å². The van der Waals surface area contributed by atoms with Crippen LogP contribution in [0.25, 0.3) is 0 Å². The molecule has 0 N–H and O–H groups in total. The smallest absolute Gasteiger partial charge is 0.200 e. The van der Waals surface area contributed by atoms with Crippen molar-refractivity contribution >= 4 is 0 Å². The standard InChI is InChI=1S/C22H35F7/c1-2-3-4-5-16-6-10-18(11-7-16)19-12-8-17(9-13-19)14-15-20(23,24)21(25,26)22(27,28)29/h16-19H,2-15H2,1H3. The lowest BCUT2D eigenvalue weighted by molar-refractivity contribution is -0.356. The van der Waals surface area contributed by atoms with Gasteiger partial charge in [0.15, 0.2) is 0 Å². The van der Waals surface area contributed by atoms with Gasteiger partial charge < -0.3 is 0 Å². The first-order valence-corrected chi connectivity index (χ1v) is 11.3. The fourth-order valence-electron chi connectivity index (χ4n) is 5.33. The highest BCUT2D eigenvalue weighted by Crippen LogP contribution is 2.50. The number of hydrogen-bond donors (Lipinski definition) is 0. The van der Waals surface area contributed by atoms with Crippen molar-refractivity contribution in [3.05, 3.63) is 0 Å². The van der Waals surface area contributed by atoms with Gasteiger partial charge in [-0.15, -0.1) is 0 Å². The van der Waals surface area contributed by atoms with E-state index in [9.17, 15) is 30.7 Å². The molecule has 0 saturated heterocycles. The zero-order chi connectivity index (χ0) is 21.7. The molecule has 0 atom stereocenters. The summed E-state index contributed by atoms with van der Waals surface area (Å²) in [6.07, 6.45) is 5.27. The molecule has 0 aliphatic heterocycles. The highest BCUT2D eigenvalue weighted by Gasteiger charge is 2.72. The molecule has 0 aromatic rings. The minimum absolute atomic E-state index is 0.174. The number of rotatable bonds is 9. The predicted molar refractivity (Wildman–Crippen MR) is 100 cm³/mol. The molecule has 2 rings (SSSR count). The lowest BCUT2D eigenvalue weighted by Gasteiger charge is -2.38. The fraction of sp³-hybridized carbons (Fsp3) is 1.00. The van der Waals surface area contributed by atoms with Crippen LogP contribution >= 0.6 is 0 Å². The molecular formula is C22H35F7. The molecule has 0 aromatic carbocycles. The summed E-state index contributed by atoms with van der Waals surface area (Å²) in [6, 6.07) is 0. The summed E-state index contributed by atoms with van der Waals surface area (Å²) in [4.78, 5) is 0. The van der Waals surface area contributed by atoms with Crippen molar-refractivity contribution in [3.63, 3.8) is 0 Å². The minimum atomic E-state index is -6.22. The summed E-state index contributed by atoms with van der Waals surface area (Å²) in [5.41, 5.74) is 0. The Morgan fingerprint density at radius 3 is 1.48 bits per heavy atom. The molecule has 0 radical (unpaired) electrons. The molecule has 2 saturated carbocycles. The summed E-state index contributed by atoms with van der Waals surface area (Å²) in [5.74, 6) is -9.14. The third kappa shape index (κ3) is 6.49. The van der Waals surface area contributed by atoms with Crippen molar-refractivity contribution in [3.8, 4) is 0 Å². The van der Waals surface area contributed by atoms with Gasteiger partial charge in [-0.05, 0) is 55.8 Å². The van der Waals surface area contributed by atoms with Crippen LogP contribution < -0.4 is 0 Å². The predicted octanol–water partition coefficient (Wildman–Crippen LogP) is 8.79. The van der Waals surface area contributed by atoms with Gasteiger partial charge in [0.1, 0.15) is 0 Å². The van der Waals surface area contributed by atoms with E-state index < -0.39 is 24.4 Å². The Kier molecular flexibility index (Phi) is 8.73. The van der Waals surface area contributed by atoms with Crippen molar-refractivity contribution in [1.82, 2.24) is 0 Å². The van der Waals surface area contributed by atoms with E-state index in [1.807, 2.05) is 0 Å². The molecule has 0 heterocycles. The van der Waals surface area contributed by atoms with Gasteiger partial charge in [0.2, 0.25) is 0 Å². The van der Waals surface area contributed by atoms with Gasteiger partial charge in [-0.2, -0.15) is 30.7 Å². The molecular weight excluding hydrogens is 397 g/mol. The molecule has 0 spiro atoms. The average Bonchev–Trinajstić information content (AvgIpc) is 2.67. The second-order valence-electron chi connectivity index (χ2n) is 9.37. The summed E-state index contributed by atoms with van der Waals surface area (Å²) in [6.45, 7) is 2.20. The molecule has 2 aliphatic carbocycles. The van der Waals surface area contributed by atoms with E-state index in [0.29, 0.717) is 24.7 Å². The van der Waals surface area contributed by atoms with E-state index in [1.165, 1.54) is 51.4 Å². The van der Waals surface area contributed by atoms with E-state index in [0.717, 1.165) is 18.8 Å². The van der Waals surface area contributed by atoms with Crippen molar-refractivity contribution in [2.24, 2.45) is 23.7 Å². The number of alkyl halides is 7. The quantitative estimate of drug-likeness (QED) is 0.252. The van der Waals surface area contributed by atoms with E-state index >= 15 is 0 Å². The van der Waals surface area contributed by atoms with Crippen LogP contribution in [0.15, 0.2) is 0 Å². The number of halogens is 7. The van der Waals surface area contributed by atoms with Gasteiger partial charge in [-0.3, -0.25) is 0 Å². The molecule has 0 nitrogen and oxygen atoms in total. The summed E-state index contributed by atoms with van der Waals surface area (Å²) < 4.78 is 89.7. The van der Waals surface area contributed by atoms with Gasteiger partial charge in [0.25, 0.3) is 0 Å². The van der Waals surface area contributed by atoms with Crippen molar-refractivity contribution in [1.29, 1.82) is 0 Å². The van der Waals surface area contributed by atoms with E-state index in [1.54, 1.807) is 0 Å². The van der Waals surface area contributed by atoms with Gasteiger partial charge in [0, 0.05) is 6.42 Å². The zero-order valence-corrected chi connectivity index (χ0v) is 17.4. The second-order valence-corrected chi connectivity index (χ2v) is 9.37. The largest absolute Gasteiger partial charge is 0.459 e. The Balaban J connectivity index is 1.71. The molecule has 0 bridgehead atoms. The van der Waals surface area contributed by atoms with Crippen molar-refractivity contribution < 1.29 is 30.7 Å². The fourth-order valence-corrected chi connectivity index (χ4v) is 5.33. The maximum Gasteiger partial charge on any atom is 0.459 e. The van der Waals surface area contributed by atoms with Crippen LogP contribution in [0.5, 0.6) is 0 Å². The first-order chi connectivity index (χ1) is 13.5. The Labute approximate surface area is 170 Å². The van der Waals surface area contributed by atoms with Crippen LogP contribution in [-0.4, -0.2) is 18.0 Å². The highest BCUT2D eigenvalue weighted by molar-refractivity contribution is 4.92. The summed E-state index contributed by atoms with van der Waals surface area (Å²) in [7, 11) is 0. The molecule has 2 fully saturated rings. The van der Waals surface area contributed by atoms with E-state index in [2.05, 4.69) is 6.92 Å². The van der Waals surface area contributed by atoms with Crippen LogP contribution in [0.1, 0.15) is 96.8 Å². The van der Waals surface area contributed by atoms with E-state index in [-0.39, 0.29) is 12.3 Å². The summed E-state index contributed by atoms with van der Waals surface area (Å²) in [5, 5.41) is 0. The first-order valence-electron chi connectivity index (χ1n) is 11.3. The molecule has 172 valence electrons. The number of unbranched alkanes of at least 4 members (excludes halogenated alkanes) is 2. The maximum absolute atomic E-state index is 13.5. The van der Waals surface area contributed by atoms with Gasteiger partial charge in [0.05, 0.1) is 0 Å². The second kappa shape index (κ2) is 10.2. The monoisotopic (exact) mass is 432 g/mol. The van der Waals surface area contributed by atoms with Crippen LogP contribution in [0.2, 0.25) is 0 Å². The normalized spacial score (nSPS) is 29.8. The molecule has 7 heteroatoms. The lowest BCUT2D eigenvalue weighted by Crippen LogP contribution is -2.52. The molecule has 2 aliphatic rings. The van der Waals surface area contributed by atoms with E-state index in [4.69, 9.17) is 0 Å². The third-order valence-electron chi connectivity index (χ3n) is 7.35. The minimum Gasteiger partial charge on any atom is -0.200 e. The third-order valence-corrected chi connectivity index (χ3v) is 7.35. The van der Waals surface area contributed by atoms with Gasteiger partial charge >= 0.3 is 18.0 Å². The Bertz CT molecular complexity index is 470. The van der Waals surface area contributed by atoms with Crippen molar-refractivity contribution in [2.45, 2.75) is 115 Å².